The van der Waals surface area contributed by atoms with Crippen molar-refractivity contribution in [3.05, 3.63) is 99.7 Å². The highest BCUT2D eigenvalue weighted by Gasteiger charge is 2.35. The maximum Gasteiger partial charge on any atom is 0.267 e. The van der Waals surface area contributed by atoms with Gasteiger partial charge in [0.25, 0.3) is 5.56 Å². The zero-order valence-electron chi connectivity index (χ0n) is 15.8. The summed E-state index contributed by atoms with van der Waals surface area (Å²) in [6.07, 6.45) is 1.77. The number of carbonyl (C=O) groups is 1. The van der Waals surface area contributed by atoms with Gasteiger partial charge >= 0.3 is 0 Å². The Kier molecular flexibility index (Phi) is 5.22. The lowest BCUT2D eigenvalue weighted by Crippen LogP contribution is -2.45. The van der Waals surface area contributed by atoms with Gasteiger partial charge in [-0.3, -0.25) is 9.59 Å². The fourth-order valence-electron chi connectivity index (χ4n) is 3.85. The Morgan fingerprint density at radius 2 is 1.93 bits per heavy atom. The molecule has 4 rings (SSSR count). The third kappa shape index (κ3) is 3.69. The van der Waals surface area contributed by atoms with Crippen molar-refractivity contribution in [3.63, 3.8) is 0 Å². The van der Waals surface area contributed by atoms with E-state index in [9.17, 15) is 14.0 Å². The fraction of sp³-hybridized carbons (Fsp3) is 0.227. The molecule has 1 heterocycles. The van der Waals surface area contributed by atoms with Crippen molar-refractivity contribution in [2.75, 3.05) is 7.11 Å². The minimum absolute atomic E-state index is 0.285. The molecule has 0 fully saturated rings. The first-order chi connectivity index (χ1) is 14.1. The van der Waals surface area contributed by atoms with Crippen molar-refractivity contribution < 1.29 is 13.9 Å². The number of ether oxygens (including phenoxy) is 1. The van der Waals surface area contributed by atoms with E-state index in [0.717, 1.165) is 15.8 Å². The van der Waals surface area contributed by atoms with Gasteiger partial charge in [-0.1, -0.05) is 36.4 Å². The number of nitrogens with one attached hydrogen (secondary N) is 1. The van der Waals surface area contributed by atoms with E-state index in [1.807, 2.05) is 24.3 Å². The number of fused-ring (bicyclic) bond motifs is 1. The van der Waals surface area contributed by atoms with Crippen molar-refractivity contribution in [2.45, 2.75) is 24.6 Å². The van der Waals surface area contributed by atoms with Crippen molar-refractivity contribution in [2.24, 2.45) is 0 Å². The highest BCUT2D eigenvalue weighted by atomic mass is 19.1. The number of hydrogen-bond acceptors (Lipinski definition) is 4. The second-order valence-electron chi connectivity index (χ2n) is 6.93. The lowest BCUT2D eigenvalue weighted by Gasteiger charge is -2.24. The van der Waals surface area contributed by atoms with Crippen LogP contribution in [0.3, 0.4) is 0 Å². The predicted molar refractivity (Wildman–Crippen MR) is 105 cm³/mol. The van der Waals surface area contributed by atoms with Crippen LogP contribution in [0.25, 0.3) is 0 Å². The second kappa shape index (κ2) is 7.97. The SMILES string of the molecule is CO[C@@H]1c2ccccc2C[C@H]1NC(=O)C(c1ccc(F)cc1)n1ncccc1=O. The molecule has 0 saturated carbocycles. The number of hydrogen-bond donors (Lipinski definition) is 1. The second-order valence-corrected chi connectivity index (χ2v) is 6.93. The number of methoxy groups -OCH3 is 1. The summed E-state index contributed by atoms with van der Waals surface area (Å²) in [4.78, 5) is 25.7. The Hall–Kier alpha value is -3.32. The monoisotopic (exact) mass is 393 g/mol. The Balaban J connectivity index is 1.67. The van der Waals surface area contributed by atoms with E-state index >= 15 is 0 Å². The summed E-state index contributed by atoms with van der Waals surface area (Å²) in [6, 6.07) is 14.9. The molecule has 1 aliphatic rings. The smallest absolute Gasteiger partial charge is 0.267 e. The average Bonchev–Trinajstić information content (AvgIpc) is 3.08. The van der Waals surface area contributed by atoms with E-state index in [1.165, 1.54) is 42.6 Å². The summed E-state index contributed by atoms with van der Waals surface area (Å²) < 4.78 is 20.1. The van der Waals surface area contributed by atoms with Crippen LogP contribution in [0.2, 0.25) is 0 Å². The molecule has 148 valence electrons. The van der Waals surface area contributed by atoms with Gasteiger partial charge in [0.05, 0.1) is 6.04 Å². The van der Waals surface area contributed by atoms with E-state index in [2.05, 4.69) is 10.4 Å². The van der Waals surface area contributed by atoms with Crippen LogP contribution in [0.15, 0.2) is 71.7 Å². The summed E-state index contributed by atoms with van der Waals surface area (Å²) in [5.74, 6) is -0.829. The van der Waals surface area contributed by atoms with Gasteiger partial charge in [-0.05, 0) is 41.3 Å². The van der Waals surface area contributed by atoms with Crippen molar-refractivity contribution in [3.8, 4) is 0 Å². The van der Waals surface area contributed by atoms with Crippen LogP contribution in [0.5, 0.6) is 0 Å². The molecule has 3 aromatic rings. The first kappa shape index (κ1) is 19.0. The maximum absolute atomic E-state index is 13.4. The molecule has 0 aliphatic heterocycles. The zero-order chi connectivity index (χ0) is 20.4. The molecule has 29 heavy (non-hydrogen) atoms. The first-order valence-electron chi connectivity index (χ1n) is 9.29. The van der Waals surface area contributed by atoms with Gasteiger partial charge in [0.15, 0.2) is 6.04 Å². The van der Waals surface area contributed by atoms with E-state index in [0.29, 0.717) is 12.0 Å². The van der Waals surface area contributed by atoms with Crippen LogP contribution < -0.4 is 10.9 Å². The molecule has 1 aromatic heterocycles. The molecule has 7 heteroatoms. The Morgan fingerprint density at radius 1 is 1.17 bits per heavy atom. The van der Waals surface area contributed by atoms with Gasteiger partial charge < -0.3 is 10.1 Å². The van der Waals surface area contributed by atoms with Gasteiger partial charge in [0.1, 0.15) is 11.9 Å². The van der Waals surface area contributed by atoms with Crippen molar-refractivity contribution in [1.82, 2.24) is 15.1 Å². The quantitative estimate of drug-likeness (QED) is 0.723. The summed E-state index contributed by atoms with van der Waals surface area (Å²) in [5, 5.41) is 7.08. The van der Waals surface area contributed by atoms with Gasteiger partial charge in [-0.15, -0.1) is 0 Å². The minimum atomic E-state index is -1.02. The Bertz CT molecular complexity index is 1080. The largest absolute Gasteiger partial charge is 0.375 e. The molecule has 1 unspecified atom stereocenters. The third-order valence-corrected chi connectivity index (χ3v) is 5.17. The van der Waals surface area contributed by atoms with Gasteiger partial charge in [0.2, 0.25) is 5.91 Å². The van der Waals surface area contributed by atoms with Crippen LogP contribution in [0, 0.1) is 5.82 Å². The molecule has 1 N–H and O–H groups in total. The molecule has 3 atom stereocenters. The maximum atomic E-state index is 13.4. The highest BCUT2D eigenvalue weighted by molar-refractivity contribution is 5.84. The summed E-state index contributed by atoms with van der Waals surface area (Å²) in [6.45, 7) is 0. The van der Waals surface area contributed by atoms with Crippen LogP contribution in [-0.2, 0) is 16.0 Å². The molecule has 1 amide bonds. The lowest BCUT2D eigenvalue weighted by molar-refractivity contribution is -0.125. The number of rotatable bonds is 5. The van der Waals surface area contributed by atoms with Crippen molar-refractivity contribution in [1.29, 1.82) is 0 Å². The Labute approximate surface area is 166 Å². The normalized spacial score (nSPS) is 18.8. The summed E-state index contributed by atoms with van der Waals surface area (Å²) in [5.41, 5.74) is 2.19. The number of benzene rings is 2. The summed E-state index contributed by atoms with van der Waals surface area (Å²) in [7, 11) is 1.60. The lowest BCUT2D eigenvalue weighted by atomic mass is 10.0. The standard InChI is InChI=1S/C22H20FN3O3/c1-29-21-17-6-3-2-5-15(17)13-18(21)25-22(28)20(14-8-10-16(23)11-9-14)26-19(27)7-4-12-24-26/h2-12,18,20-21H,13H2,1H3,(H,25,28)/t18-,20?,21-/m1/s1. The van der Waals surface area contributed by atoms with Crippen LogP contribution >= 0.6 is 0 Å². The van der Waals surface area contributed by atoms with E-state index in [1.54, 1.807) is 7.11 Å². The van der Waals surface area contributed by atoms with Crippen LogP contribution in [0.1, 0.15) is 28.8 Å². The fourth-order valence-corrected chi connectivity index (χ4v) is 3.85. The van der Waals surface area contributed by atoms with Crippen LogP contribution in [-0.4, -0.2) is 28.8 Å². The topological polar surface area (TPSA) is 73.2 Å². The molecule has 0 spiro atoms. The number of aromatic nitrogens is 2. The molecule has 0 bridgehead atoms. The highest BCUT2D eigenvalue weighted by Crippen LogP contribution is 2.34. The molecule has 6 nitrogen and oxygen atoms in total. The molecule has 1 aliphatic carbocycles. The Morgan fingerprint density at radius 3 is 2.66 bits per heavy atom. The predicted octanol–water partition coefficient (Wildman–Crippen LogP) is 2.40. The molecule has 0 radical (unpaired) electrons. The number of carbonyl (C=O) groups excluding carboxylic acids is 1. The average molecular weight is 393 g/mol. The third-order valence-electron chi connectivity index (χ3n) is 5.17. The molecular formula is C22H20FN3O3. The molecule has 2 aromatic carbocycles. The van der Waals surface area contributed by atoms with E-state index < -0.39 is 23.3 Å². The number of nitrogens with zero attached hydrogens (tertiary/aromatic N) is 2. The summed E-state index contributed by atoms with van der Waals surface area (Å²) >= 11 is 0. The van der Waals surface area contributed by atoms with E-state index in [-0.39, 0.29) is 12.1 Å². The zero-order valence-corrected chi connectivity index (χ0v) is 15.8. The molecular weight excluding hydrogens is 373 g/mol. The minimum Gasteiger partial charge on any atom is -0.375 e. The van der Waals surface area contributed by atoms with Gasteiger partial charge in [-0.2, -0.15) is 5.10 Å². The first-order valence-corrected chi connectivity index (χ1v) is 9.29. The van der Waals surface area contributed by atoms with E-state index in [4.69, 9.17) is 4.74 Å². The van der Waals surface area contributed by atoms with Crippen LogP contribution in [0.4, 0.5) is 4.39 Å². The number of amides is 1. The molecule has 0 saturated heterocycles. The van der Waals surface area contributed by atoms with Crippen molar-refractivity contribution >= 4 is 5.91 Å². The van der Waals surface area contributed by atoms with Gasteiger partial charge in [-0.25, -0.2) is 9.07 Å². The van der Waals surface area contributed by atoms with Gasteiger partial charge in [0, 0.05) is 19.4 Å². The number of halogens is 1.